The summed E-state index contributed by atoms with van der Waals surface area (Å²) in [7, 11) is 0. The zero-order valence-corrected chi connectivity index (χ0v) is 17.5. The molecule has 0 spiro atoms. The number of aromatic nitrogens is 1. The van der Waals surface area contributed by atoms with Gasteiger partial charge in [-0.15, -0.1) is 0 Å². The van der Waals surface area contributed by atoms with E-state index in [0.29, 0.717) is 25.3 Å². The molecule has 1 aromatic rings. The quantitative estimate of drug-likeness (QED) is 0.765. The molecule has 29 heavy (non-hydrogen) atoms. The molecule has 158 valence electrons. The number of amides is 2. The number of rotatable bonds is 5. The topological polar surface area (TPSA) is 56.8 Å². The van der Waals surface area contributed by atoms with Crippen LogP contribution >= 0.6 is 0 Å². The second-order valence-electron chi connectivity index (χ2n) is 9.00. The van der Waals surface area contributed by atoms with Crippen molar-refractivity contribution in [1.29, 1.82) is 0 Å². The molecule has 3 fully saturated rings. The molecule has 1 atom stereocenters. The van der Waals surface area contributed by atoms with Crippen molar-refractivity contribution in [3.63, 3.8) is 0 Å². The average molecular weight is 399 g/mol. The maximum absolute atomic E-state index is 13.1. The van der Waals surface area contributed by atoms with Gasteiger partial charge in [-0.25, -0.2) is 0 Å². The van der Waals surface area contributed by atoms with Crippen LogP contribution in [0.15, 0.2) is 24.5 Å². The third-order valence-corrected chi connectivity index (χ3v) is 6.87. The highest BCUT2D eigenvalue weighted by molar-refractivity contribution is 5.84. The highest BCUT2D eigenvalue weighted by Gasteiger charge is 2.34. The van der Waals surface area contributed by atoms with E-state index in [1.54, 1.807) is 6.20 Å². The number of carbonyl (C=O) groups is 2. The molecule has 1 aromatic heterocycles. The molecule has 4 rings (SSSR count). The predicted molar refractivity (Wildman–Crippen MR) is 112 cm³/mol. The summed E-state index contributed by atoms with van der Waals surface area (Å²) in [5, 5.41) is 0. The van der Waals surface area contributed by atoms with Crippen molar-refractivity contribution in [1.82, 2.24) is 19.7 Å². The lowest BCUT2D eigenvalue weighted by Crippen LogP contribution is -2.53. The lowest BCUT2D eigenvalue weighted by molar-refractivity contribution is -0.144. The van der Waals surface area contributed by atoms with Crippen molar-refractivity contribution in [3.8, 4) is 0 Å². The Morgan fingerprint density at radius 1 is 1.07 bits per heavy atom. The maximum atomic E-state index is 13.1. The SMILES string of the molecule is O=C1CC[C@@H](C(=O)N2CCN(Cc3cccnc3)CC2)CN1CC1CCCCC1. The minimum Gasteiger partial charge on any atom is -0.342 e. The van der Waals surface area contributed by atoms with Crippen molar-refractivity contribution in [2.75, 3.05) is 39.3 Å². The van der Waals surface area contributed by atoms with E-state index in [2.05, 4.69) is 16.0 Å². The summed E-state index contributed by atoms with van der Waals surface area (Å²) >= 11 is 0. The number of piperazine rings is 1. The number of likely N-dealkylation sites (tertiary alicyclic amines) is 1. The minimum absolute atomic E-state index is 0.0128. The molecule has 2 aliphatic heterocycles. The van der Waals surface area contributed by atoms with E-state index in [1.807, 2.05) is 22.1 Å². The van der Waals surface area contributed by atoms with Gasteiger partial charge in [-0.1, -0.05) is 25.3 Å². The summed E-state index contributed by atoms with van der Waals surface area (Å²) in [5.41, 5.74) is 1.22. The van der Waals surface area contributed by atoms with Crippen molar-refractivity contribution < 1.29 is 9.59 Å². The normalized spacial score (nSPS) is 24.7. The van der Waals surface area contributed by atoms with Gasteiger partial charge in [-0.2, -0.15) is 0 Å². The summed E-state index contributed by atoms with van der Waals surface area (Å²) in [5.74, 6) is 1.13. The van der Waals surface area contributed by atoms with Crippen LogP contribution in [0.25, 0.3) is 0 Å². The van der Waals surface area contributed by atoms with Gasteiger partial charge in [0.25, 0.3) is 0 Å². The van der Waals surface area contributed by atoms with Crippen molar-refractivity contribution in [2.24, 2.45) is 11.8 Å². The summed E-state index contributed by atoms with van der Waals surface area (Å²) in [6, 6.07) is 4.07. The van der Waals surface area contributed by atoms with Crippen LogP contribution in [0.1, 0.15) is 50.5 Å². The number of hydrogen-bond acceptors (Lipinski definition) is 4. The Balaban J connectivity index is 1.26. The Hall–Kier alpha value is -1.95. The molecule has 0 aromatic carbocycles. The lowest BCUT2D eigenvalue weighted by atomic mass is 9.87. The minimum atomic E-state index is -0.0128. The van der Waals surface area contributed by atoms with Gasteiger partial charge in [0, 0.05) is 64.6 Å². The number of pyridine rings is 1. The first-order valence-electron chi connectivity index (χ1n) is 11.4. The molecule has 6 nitrogen and oxygen atoms in total. The van der Waals surface area contributed by atoms with E-state index in [1.165, 1.54) is 37.7 Å². The molecular weight excluding hydrogens is 364 g/mol. The summed E-state index contributed by atoms with van der Waals surface area (Å²) in [6.07, 6.45) is 11.3. The van der Waals surface area contributed by atoms with E-state index < -0.39 is 0 Å². The van der Waals surface area contributed by atoms with Crippen LogP contribution in [0.5, 0.6) is 0 Å². The van der Waals surface area contributed by atoms with Crippen molar-refractivity contribution in [2.45, 2.75) is 51.5 Å². The van der Waals surface area contributed by atoms with Gasteiger partial charge in [0.2, 0.25) is 11.8 Å². The summed E-state index contributed by atoms with van der Waals surface area (Å²) < 4.78 is 0. The largest absolute Gasteiger partial charge is 0.342 e. The van der Waals surface area contributed by atoms with Crippen LogP contribution in [0.3, 0.4) is 0 Å². The van der Waals surface area contributed by atoms with Gasteiger partial charge in [0.1, 0.15) is 0 Å². The smallest absolute Gasteiger partial charge is 0.227 e. The zero-order valence-electron chi connectivity index (χ0n) is 17.5. The molecule has 0 N–H and O–H groups in total. The molecule has 2 saturated heterocycles. The predicted octanol–water partition coefficient (Wildman–Crippen LogP) is 2.54. The second kappa shape index (κ2) is 9.70. The number of carbonyl (C=O) groups excluding carboxylic acids is 2. The van der Waals surface area contributed by atoms with Crippen LogP contribution in [0, 0.1) is 11.8 Å². The monoisotopic (exact) mass is 398 g/mol. The lowest BCUT2D eigenvalue weighted by Gasteiger charge is -2.40. The molecule has 0 unspecified atom stereocenters. The Bertz CT molecular complexity index is 681. The molecule has 3 heterocycles. The second-order valence-corrected chi connectivity index (χ2v) is 9.00. The standard InChI is InChI=1S/C23H34N4O2/c28-22-9-8-21(18-27(22)17-19-5-2-1-3-6-19)23(29)26-13-11-25(12-14-26)16-20-7-4-10-24-15-20/h4,7,10,15,19,21H,1-3,5-6,8-9,11-14,16-18H2/t21-/m1/s1. The van der Waals surface area contributed by atoms with Crippen molar-refractivity contribution >= 4 is 11.8 Å². The molecular formula is C23H34N4O2. The van der Waals surface area contributed by atoms with E-state index in [-0.39, 0.29) is 17.7 Å². The summed E-state index contributed by atoms with van der Waals surface area (Å²) in [6.45, 7) is 5.75. The van der Waals surface area contributed by atoms with E-state index in [4.69, 9.17) is 0 Å². The van der Waals surface area contributed by atoms with Gasteiger partial charge < -0.3 is 9.80 Å². The van der Waals surface area contributed by atoms with Crippen LogP contribution in [0.2, 0.25) is 0 Å². The highest BCUT2D eigenvalue weighted by Crippen LogP contribution is 2.27. The van der Waals surface area contributed by atoms with Gasteiger partial charge in [-0.05, 0) is 36.8 Å². The Labute approximate surface area is 174 Å². The third-order valence-electron chi connectivity index (χ3n) is 6.87. The third kappa shape index (κ3) is 5.35. The fraction of sp³-hybridized carbons (Fsp3) is 0.696. The molecule has 6 heteroatoms. The first-order valence-corrected chi connectivity index (χ1v) is 11.4. The first kappa shape index (κ1) is 20.3. The van der Waals surface area contributed by atoms with E-state index >= 15 is 0 Å². The Morgan fingerprint density at radius 3 is 2.59 bits per heavy atom. The van der Waals surface area contributed by atoms with Crippen molar-refractivity contribution in [3.05, 3.63) is 30.1 Å². The maximum Gasteiger partial charge on any atom is 0.227 e. The summed E-state index contributed by atoms with van der Waals surface area (Å²) in [4.78, 5) is 36.1. The molecule has 3 aliphatic rings. The van der Waals surface area contributed by atoms with Crippen LogP contribution < -0.4 is 0 Å². The zero-order chi connectivity index (χ0) is 20.1. The van der Waals surface area contributed by atoms with Gasteiger partial charge in [-0.3, -0.25) is 19.5 Å². The molecule has 2 amide bonds. The molecule has 1 aliphatic carbocycles. The number of piperidine rings is 1. The average Bonchev–Trinajstić information content (AvgIpc) is 2.77. The Kier molecular flexibility index (Phi) is 6.80. The van der Waals surface area contributed by atoms with E-state index in [0.717, 1.165) is 39.3 Å². The first-order chi connectivity index (χ1) is 14.2. The van der Waals surface area contributed by atoms with Crippen LogP contribution in [-0.2, 0) is 16.1 Å². The molecule has 0 radical (unpaired) electrons. The molecule has 0 bridgehead atoms. The van der Waals surface area contributed by atoms with Gasteiger partial charge in [0.15, 0.2) is 0 Å². The fourth-order valence-electron chi connectivity index (χ4n) is 5.11. The fourth-order valence-corrected chi connectivity index (χ4v) is 5.11. The van der Waals surface area contributed by atoms with E-state index in [9.17, 15) is 9.59 Å². The Morgan fingerprint density at radius 2 is 1.86 bits per heavy atom. The molecule has 1 saturated carbocycles. The van der Waals surface area contributed by atoms with Crippen LogP contribution in [0.4, 0.5) is 0 Å². The van der Waals surface area contributed by atoms with Gasteiger partial charge >= 0.3 is 0 Å². The van der Waals surface area contributed by atoms with Gasteiger partial charge in [0.05, 0.1) is 5.92 Å². The van der Waals surface area contributed by atoms with Crippen LogP contribution in [-0.4, -0.2) is 70.8 Å². The number of nitrogens with zero attached hydrogens (tertiary/aromatic N) is 4. The highest BCUT2D eigenvalue weighted by atomic mass is 16.2. The number of hydrogen-bond donors (Lipinski definition) is 0.